The van der Waals surface area contributed by atoms with Crippen molar-refractivity contribution in [3.63, 3.8) is 0 Å². The molecule has 0 amide bonds. The van der Waals surface area contributed by atoms with Gasteiger partial charge in [-0.15, -0.1) is 0 Å². The van der Waals surface area contributed by atoms with Crippen molar-refractivity contribution in [2.75, 3.05) is 13.2 Å². The van der Waals surface area contributed by atoms with Gasteiger partial charge in [0.1, 0.15) is 5.82 Å². The fourth-order valence-corrected chi connectivity index (χ4v) is 4.65. The topological polar surface area (TPSA) is 49.2 Å². The number of hydrogen-bond donors (Lipinski definition) is 0. The molecule has 32 heavy (non-hydrogen) atoms. The maximum Gasteiger partial charge on any atom is 0.165 e. The number of imidazole rings is 1. The van der Waals surface area contributed by atoms with Gasteiger partial charge in [-0.05, 0) is 69.9 Å². The molecule has 1 aliphatic heterocycles. The first-order valence-electron chi connectivity index (χ1n) is 11.6. The van der Waals surface area contributed by atoms with Gasteiger partial charge in [0, 0.05) is 34.6 Å². The zero-order valence-corrected chi connectivity index (χ0v) is 19.0. The van der Waals surface area contributed by atoms with E-state index in [4.69, 9.17) is 14.5 Å². The van der Waals surface area contributed by atoms with E-state index in [0.717, 1.165) is 46.1 Å². The van der Waals surface area contributed by atoms with Gasteiger partial charge in [-0.25, -0.2) is 9.37 Å². The van der Waals surface area contributed by atoms with Crippen LogP contribution in [0.5, 0.6) is 5.75 Å². The third-order valence-corrected chi connectivity index (χ3v) is 6.50. The van der Waals surface area contributed by atoms with Crippen molar-refractivity contribution in [3.8, 4) is 28.4 Å². The quantitative estimate of drug-likeness (QED) is 0.530. The predicted octanol–water partition coefficient (Wildman–Crippen LogP) is 5.51. The van der Waals surface area contributed by atoms with Crippen LogP contribution in [0.25, 0.3) is 22.6 Å². The Hall–Kier alpha value is -2.73. The number of rotatable bonds is 5. The van der Waals surface area contributed by atoms with E-state index in [1.807, 2.05) is 13.8 Å². The standard InChI is InChI=1S/C26H30FN3O2/c1-16-11-21(12-17(2)28-16)25-23-9-10-31-18(3)14-30(23)26(29-25)20-7-8-22(27)24(13-20)32-15-19-5-4-6-19/h7-8,11-13,18-19H,4-6,9-10,14-15H2,1-3H3/t18-/m1/s1. The summed E-state index contributed by atoms with van der Waals surface area (Å²) < 4.78 is 28.6. The fraction of sp³-hybridized carbons (Fsp3) is 0.462. The first-order valence-corrected chi connectivity index (χ1v) is 11.6. The monoisotopic (exact) mass is 435 g/mol. The average molecular weight is 436 g/mol. The van der Waals surface area contributed by atoms with Gasteiger partial charge >= 0.3 is 0 Å². The van der Waals surface area contributed by atoms with Gasteiger partial charge in [0.2, 0.25) is 0 Å². The van der Waals surface area contributed by atoms with Crippen molar-refractivity contribution in [1.29, 1.82) is 0 Å². The minimum absolute atomic E-state index is 0.0766. The van der Waals surface area contributed by atoms with Gasteiger partial charge in [-0.1, -0.05) is 6.42 Å². The third kappa shape index (κ3) is 4.16. The first kappa shape index (κ1) is 21.1. The van der Waals surface area contributed by atoms with E-state index in [2.05, 4.69) is 28.6 Å². The molecular weight excluding hydrogens is 405 g/mol. The van der Waals surface area contributed by atoms with E-state index in [0.29, 0.717) is 31.4 Å². The number of halogens is 1. The highest BCUT2D eigenvalue weighted by atomic mass is 19.1. The summed E-state index contributed by atoms with van der Waals surface area (Å²) in [5.74, 6) is 1.35. The number of aromatic nitrogens is 3. The van der Waals surface area contributed by atoms with E-state index < -0.39 is 0 Å². The van der Waals surface area contributed by atoms with Gasteiger partial charge in [0.15, 0.2) is 11.6 Å². The van der Waals surface area contributed by atoms with Crippen LogP contribution in [0.4, 0.5) is 4.39 Å². The van der Waals surface area contributed by atoms with E-state index in [1.54, 1.807) is 12.1 Å². The second-order valence-corrected chi connectivity index (χ2v) is 9.16. The Kier molecular flexibility index (Phi) is 5.72. The van der Waals surface area contributed by atoms with Crippen LogP contribution in [0.3, 0.4) is 0 Å². The molecule has 1 aliphatic carbocycles. The molecule has 0 unspecified atom stereocenters. The lowest BCUT2D eigenvalue weighted by molar-refractivity contribution is 0.0666. The Balaban J connectivity index is 1.58. The zero-order valence-electron chi connectivity index (χ0n) is 19.0. The Bertz CT molecular complexity index is 1120. The molecule has 3 aromatic rings. The molecule has 0 bridgehead atoms. The lowest BCUT2D eigenvalue weighted by Crippen LogP contribution is -2.19. The van der Waals surface area contributed by atoms with Crippen LogP contribution in [-0.4, -0.2) is 33.9 Å². The molecule has 1 saturated carbocycles. The maximum absolute atomic E-state index is 14.5. The summed E-state index contributed by atoms with van der Waals surface area (Å²) in [6.45, 7) is 8.02. The lowest BCUT2D eigenvalue weighted by atomic mass is 9.86. The highest BCUT2D eigenvalue weighted by Crippen LogP contribution is 2.35. The van der Waals surface area contributed by atoms with Crippen molar-refractivity contribution in [1.82, 2.24) is 14.5 Å². The summed E-state index contributed by atoms with van der Waals surface area (Å²) in [5.41, 5.74) is 5.95. The molecule has 6 heteroatoms. The molecule has 1 aromatic carbocycles. The maximum atomic E-state index is 14.5. The van der Waals surface area contributed by atoms with Crippen LogP contribution in [-0.2, 0) is 17.7 Å². The van der Waals surface area contributed by atoms with Crippen molar-refractivity contribution < 1.29 is 13.9 Å². The number of aryl methyl sites for hydroxylation is 2. The molecule has 2 aromatic heterocycles. The molecule has 2 aliphatic rings. The van der Waals surface area contributed by atoms with Crippen LogP contribution >= 0.6 is 0 Å². The minimum Gasteiger partial charge on any atom is -0.490 e. The SMILES string of the molecule is Cc1cc(-c2nc(-c3ccc(F)c(OCC4CCC4)c3)n3c2CCO[C@H](C)C3)cc(C)n1. The average Bonchev–Trinajstić information content (AvgIpc) is 2.94. The van der Waals surface area contributed by atoms with Gasteiger partial charge in [0.25, 0.3) is 0 Å². The number of nitrogens with zero attached hydrogens (tertiary/aromatic N) is 3. The van der Waals surface area contributed by atoms with Crippen LogP contribution in [0.2, 0.25) is 0 Å². The largest absolute Gasteiger partial charge is 0.490 e. The van der Waals surface area contributed by atoms with Gasteiger partial charge in [-0.3, -0.25) is 4.98 Å². The van der Waals surface area contributed by atoms with Crippen LogP contribution < -0.4 is 4.74 Å². The van der Waals surface area contributed by atoms with Crippen LogP contribution in [0, 0.1) is 25.6 Å². The van der Waals surface area contributed by atoms with Gasteiger partial charge < -0.3 is 14.0 Å². The Morgan fingerprint density at radius 3 is 2.59 bits per heavy atom. The summed E-state index contributed by atoms with van der Waals surface area (Å²) in [6, 6.07) is 9.24. The molecule has 0 radical (unpaired) electrons. The molecule has 3 heterocycles. The Morgan fingerprint density at radius 2 is 1.88 bits per heavy atom. The molecule has 1 fully saturated rings. The smallest absolute Gasteiger partial charge is 0.165 e. The van der Waals surface area contributed by atoms with Crippen molar-refractivity contribution in [2.45, 2.75) is 59.1 Å². The summed E-state index contributed by atoms with van der Waals surface area (Å²) >= 11 is 0. The second kappa shape index (κ2) is 8.66. The lowest BCUT2D eigenvalue weighted by Gasteiger charge is -2.25. The molecule has 5 nitrogen and oxygen atoms in total. The minimum atomic E-state index is -0.326. The number of fused-ring (bicyclic) bond motifs is 1. The highest BCUT2D eigenvalue weighted by Gasteiger charge is 2.25. The molecule has 5 rings (SSSR count). The number of benzene rings is 1. The fourth-order valence-electron chi connectivity index (χ4n) is 4.65. The van der Waals surface area contributed by atoms with Crippen molar-refractivity contribution in [2.24, 2.45) is 5.92 Å². The molecule has 0 spiro atoms. The van der Waals surface area contributed by atoms with Gasteiger partial charge in [0.05, 0.1) is 31.6 Å². The molecule has 0 N–H and O–H groups in total. The number of hydrogen-bond acceptors (Lipinski definition) is 4. The third-order valence-electron chi connectivity index (χ3n) is 6.50. The summed E-state index contributed by atoms with van der Waals surface area (Å²) in [7, 11) is 0. The van der Waals surface area contributed by atoms with E-state index in [9.17, 15) is 4.39 Å². The summed E-state index contributed by atoms with van der Waals surface area (Å²) in [5, 5.41) is 0. The summed E-state index contributed by atoms with van der Waals surface area (Å²) in [6.07, 6.45) is 4.43. The first-order chi connectivity index (χ1) is 15.5. The van der Waals surface area contributed by atoms with Crippen LogP contribution in [0.1, 0.15) is 43.3 Å². The second-order valence-electron chi connectivity index (χ2n) is 9.16. The van der Waals surface area contributed by atoms with E-state index >= 15 is 0 Å². The van der Waals surface area contributed by atoms with Crippen molar-refractivity contribution in [3.05, 3.63) is 53.2 Å². The Labute approximate surface area is 188 Å². The number of pyridine rings is 1. The van der Waals surface area contributed by atoms with E-state index in [1.165, 1.54) is 25.3 Å². The molecular formula is C26H30FN3O2. The molecule has 1 atom stereocenters. The molecule has 168 valence electrons. The van der Waals surface area contributed by atoms with E-state index in [-0.39, 0.29) is 11.9 Å². The highest BCUT2D eigenvalue weighted by molar-refractivity contribution is 5.69. The Morgan fingerprint density at radius 1 is 1.09 bits per heavy atom. The summed E-state index contributed by atoms with van der Waals surface area (Å²) in [4.78, 5) is 9.60. The normalized spacial score (nSPS) is 18.7. The van der Waals surface area contributed by atoms with Gasteiger partial charge in [-0.2, -0.15) is 0 Å². The zero-order chi connectivity index (χ0) is 22.2. The molecule has 0 saturated heterocycles. The van der Waals surface area contributed by atoms with Crippen LogP contribution in [0.15, 0.2) is 30.3 Å². The van der Waals surface area contributed by atoms with Crippen molar-refractivity contribution >= 4 is 0 Å². The number of ether oxygens (including phenoxy) is 2. The predicted molar refractivity (Wildman–Crippen MR) is 122 cm³/mol.